The maximum absolute atomic E-state index is 11.1. The quantitative estimate of drug-likeness (QED) is 0.197. The van der Waals surface area contributed by atoms with Gasteiger partial charge >= 0.3 is 5.97 Å². The van der Waals surface area contributed by atoms with E-state index in [4.69, 9.17) is 5.11 Å². The Hall–Kier alpha value is -0.570. The van der Waals surface area contributed by atoms with Gasteiger partial charge in [0.05, 0.1) is 6.54 Å². The Morgan fingerprint density at radius 2 is 0.852 bits per heavy atom. The van der Waals surface area contributed by atoms with Gasteiger partial charge in [0, 0.05) is 0 Å². The van der Waals surface area contributed by atoms with Crippen molar-refractivity contribution in [3.8, 4) is 0 Å². The SMILES string of the molecule is CCCCCCCCCCCN(CCCCCCCCCCC)CC(=O)O. The van der Waals surface area contributed by atoms with Crippen molar-refractivity contribution in [2.75, 3.05) is 19.6 Å². The molecule has 0 aliphatic heterocycles. The molecular weight excluding hydrogens is 334 g/mol. The molecule has 0 aliphatic carbocycles. The fourth-order valence-electron chi connectivity index (χ4n) is 3.75. The van der Waals surface area contributed by atoms with Crippen LogP contribution in [0.15, 0.2) is 0 Å². The highest BCUT2D eigenvalue weighted by Crippen LogP contribution is 2.12. The van der Waals surface area contributed by atoms with Gasteiger partial charge in [-0.15, -0.1) is 0 Å². The monoisotopic (exact) mass is 383 g/mol. The summed E-state index contributed by atoms with van der Waals surface area (Å²) in [7, 11) is 0. The second kappa shape index (κ2) is 21.7. The van der Waals surface area contributed by atoms with Crippen molar-refractivity contribution >= 4 is 5.97 Å². The maximum Gasteiger partial charge on any atom is 0.317 e. The van der Waals surface area contributed by atoms with E-state index in [0.717, 1.165) is 25.9 Å². The minimum Gasteiger partial charge on any atom is -0.480 e. The van der Waals surface area contributed by atoms with Gasteiger partial charge in [0.15, 0.2) is 0 Å². The predicted molar refractivity (Wildman–Crippen MR) is 119 cm³/mol. The number of unbranched alkanes of at least 4 members (excludes halogenated alkanes) is 16. The van der Waals surface area contributed by atoms with E-state index in [2.05, 4.69) is 18.7 Å². The Balaban J connectivity index is 3.58. The van der Waals surface area contributed by atoms with E-state index in [1.54, 1.807) is 0 Å². The molecule has 0 atom stereocenters. The lowest BCUT2D eigenvalue weighted by Crippen LogP contribution is -2.31. The number of carbonyl (C=O) groups is 1. The van der Waals surface area contributed by atoms with E-state index in [1.807, 2.05) is 0 Å². The van der Waals surface area contributed by atoms with Crippen LogP contribution in [0.5, 0.6) is 0 Å². The van der Waals surface area contributed by atoms with Gasteiger partial charge in [-0.05, 0) is 25.9 Å². The molecule has 3 nitrogen and oxygen atoms in total. The van der Waals surface area contributed by atoms with E-state index in [9.17, 15) is 4.79 Å². The molecule has 0 rings (SSSR count). The van der Waals surface area contributed by atoms with Crippen LogP contribution >= 0.6 is 0 Å². The third-order valence-electron chi connectivity index (χ3n) is 5.51. The van der Waals surface area contributed by atoms with Crippen LogP contribution in [0.4, 0.5) is 0 Å². The Bertz CT molecular complexity index is 285. The number of carboxylic acid groups (broad SMARTS) is 1. The van der Waals surface area contributed by atoms with E-state index in [0.29, 0.717) is 0 Å². The lowest BCUT2D eigenvalue weighted by molar-refractivity contribution is -0.138. The van der Waals surface area contributed by atoms with Crippen molar-refractivity contribution in [2.24, 2.45) is 0 Å². The molecular formula is C24H49NO2. The highest BCUT2D eigenvalue weighted by atomic mass is 16.4. The van der Waals surface area contributed by atoms with E-state index in [-0.39, 0.29) is 6.54 Å². The summed E-state index contributed by atoms with van der Waals surface area (Å²) in [6.07, 6.45) is 23.8. The molecule has 0 amide bonds. The largest absolute Gasteiger partial charge is 0.480 e. The van der Waals surface area contributed by atoms with Gasteiger partial charge in [-0.1, -0.05) is 117 Å². The van der Waals surface area contributed by atoms with E-state index < -0.39 is 5.97 Å². The summed E-state index contributed by atoms with van der Waals surface area (Å²) in [6.45, 7) is 6.65. The molecule has 0 aromatic carbocycles. The molecule has 3 heteroatoms. The van der Waals surface area contributed by atoms with Crippen molar-refractivity contribution in [1.29, 1.82) is 0 Å². The first-order chi connectivity index (χ1) is 13.2. The molecule has 1 N–H and O–H groups in total. The van der Waals surface area contributed by atoms with Crippen molar-refractivity contribution in [2.45, 2.75) is 129 Å². The summed E-state index contributed by atoms with van der Waals surface area (Å²) in [5, 5.41) is 9.13. The summed E-state index contributed by atoms with van der Waals surface area (Å²) in [4.78, 5) is 13.2. The third kappa shape index (κ3) is 21.6. The van der Waals surface area contributed by atoms with Crippen LogP contribution in [0.3, 0.4) is 0 Å². The first kappa shape index (κ1) is 26.4. The van der Waals surface area contributed by atoms with Gasteiger partial charge in [0.2, 0.25) is 0 Å². The lowest BCUT2D eigenvalue weighted by atomic mass is 10.1. The summed E-state index contributed by atoms with van der Waals surface area (Å²) >= 11 is 0. The highest BCUT2D eigenvalue weighted by Gasteiger charge is 2.08. The van der Waals surface area contributed by atoms with Crippen LogP contribution < -0.4 is 0 Å². The van der Waals surface area contributed by atoms with Gasteiger partial charge in [0.25, 0.3) is 0 Å². The minimum absolute atomic E-state index is 0.216. The van der Waals surface area contributed by atoms with Gasteiger partial charge < -0.3 is 5.11 Å². The lowest BCUT2D eigenvalue weighted by Gasteiger charge is -2.20. The zero-order valence-electron chi connectivity index (χ0n) is 18.7. The molecule has 0 heterocycles. The number of hydrogen-bond acceptors (Lipinski definition) is 2. The van der Waals surface area contributed by atoms with Crippen molar-refractivity contribution in [1.82, 2.24) is 4.90 Å². The van der Waals surface area contributed by atoms with Crippen molar-refractivity contribution < 1.29 is 9.90 Å². The maximum atomic E-state index is 11.1. The number of rotatable bonds is 22. The first-order valence-electron chi connectivity index (χ1n) is 12.1. The predicted octanol–water partition coefficient (Wildman–Crippen LogP) is 7.43. The summed E-state index contributed by atoms with van der Waals surface area (Å²) in [6, 6.07) is 0. The van der Waals surface area contributed by atoms with Gasteiger partial charge in [-0.25, -0.2) is 0 Å². The molecule has 0 aromatic heterocycles. The minimum atomic E-state index is -0.679. The van der Waals surface area contributed by atoms with Gasteiger partial charge in [-0.2, -0.15) is 0 Å². The number of aliphatic carboxylic acids is 1. The normalized spacial score (nSPS) is 11.4. The van der Waals surface area contributed by atoms with Crippen LogP contribution in [0.1, 0.15) is 129 Å². The zero-order chi connectivity index (χ0) is 20.0. The van der Waals surface area contributed by atoms with Crippen LogP contribution in [-0.4, -0.2) is 35.6 Å². The Morgan fingerprint density at radius 1 is 0.556 bits per heavy atom. The highest BCUT2D eigenvalue weighted by molar-refractivity contribution is 5.69. The molecule has 0 unspecified atom stereocenters. The third-order valence-corrected chi connectivity index (χ3v) is 5.51. The fourth-order valence-corrected chi connectivity index (χ4v) is 3.75. The number of carboxylic acids is 1. The van der Waals surface area contributed by atoms with Crippen molar-refractivity contribution in [3.05, 3.63) is 0 Å². The Kier molecular flexibility index (Phi) is 21.3. The summed E-state index contributed by atoms with van der Waals surface area (Å²) in [5.74, 6) is -0.679. The van der Waals surface area contributed by atoms with E-state index in [1.165, 1.54) is 103 Å². The molecule has 0 saturated heterocycles. The smallest absolute Gasteiger partial charge is 0.317 e. The first-order valence-corrected chi connectivity index (χ1v) is 12.1. The van der Waals surface area contributed by atoms with Crippen LogP contribution in [0, 0.1) is 0 Å². The standard InChI is InChI=1S/C24H49NO2/c1-3-5-7-9-11-13-15-17-19-21-25(23-24(26)27)22-20-18-16-14-12-10-8-6-4-2/h3-23H2,1-2H3,(H,26,27). The average Bonchev–Trinajstić information content (AvgIpc) is 2.64. The summed E-state index contributed by atoms with van der Waals surface area (Å²) in [5.41, 5.74) is 0. The van der Waals surface area contributed by atoms with Crippen LogP contribution in [0.2, 0.25) is 0 Å². The second-order valence-electron chi connectivity index (χ2n) is 8.33. The van der Waals surface area contributed by atoms with Crippen LogP contribution in [0.25, 0.3) is 0 Å². The molecule has 0 fully saturated rings. The van der Waals surface area contributed by atoms with Gasteiger partial charge in [0.1, 0.15) is 0 Å². The molecule has 27 heavy (non-hydrogen) atoms. The average molecular weight is 384 g/mol. The number of nitrogens with zero attached hydrogens (tertiary/aromatic N) is 1. The molecule has 162 valence electrons. The summed E-state index contributed by atoms with van der Waals surface area (Å²) < 4.78 is 0. The second-order valence-corrected chi connectivity index (χ2v) is 8.33. The van der Waals surface area contributed by atoms with Gasteiger partial charge in [-0.3, -0.25) is 9.69 Å². The van der Waals surface area contributed by atoms with E-state index >= 15 is 0 Å². The Morgan fingerprint density at radius 3 is 1.15 bits per heavy atom. The molecule has 0 spiro atoms. The molecule has 0 radical (unpaired) electrons. The van der Waals surface area contributed by atoms with Crippen molar-refractivity contribution in [3.63, 3.8) is 0 Å². The molecule has 0 saturated carbocycles. The topological polar surface area (TPSA) is 40.5 Å². The number of hydrogen-bond donors (Lipinski definition) is 1. The molecule has 0 aliphatic rings. The fraction of sp³-hybridized carbons (Fsp3) is 0.958. The van der Waals surface area contributed by atoms with Crippen LogP contribution in [-0.2, 0) is 4.79 Å². The Labute approximate surface area is 170 Å². The zero-order valence-corrected chi connectivity index (χ0v) is 18.7. The molecule has 0 aromatic rings. The molecule has 0 bridgehead atoms.